The number of benzene rings is 3. The van der Waals surface area contributed by atoms with Gasteiger partial charge in [0.05, 0.1) is 19.2 Å². The number of methoxy groups -OCH3 is 2. The minimum absolute atomic E-state index is 0.289. The van der Waals surface area contributed by atoms with Gasteiger partial charge in [-0.1, -0.05) is 41.4 Å². The predicted molar refractivity (Wildman–Crippen MR) is 124 cm³/mol. The monoisotopic (exact) mass is 457 g/mol. The van der Waals surface area contributed by atoms with E-state index >= 15 is 0 Å². The van der Waals surface area contributed by atoms with E-state index in [1.54, 1.807) is 43.5 Å². The Morgan fingerprint density at radius 1 is 0.903 bits per heavy atom. The number of nitrogens with one attached hydrogen (secondary N) is 1. The lowest BCUT2D eigenvalue weighted by Crippen LogP contribution is -2.07. The molecule has 5 nitrogen and oxygen atoms in total. The van der Waals surface area contributed by atoms with Crippen LogP contribution in [0.3, 0.4) is 0 Å². The molecule has 3 aromatic carbocycles. The second-order valence-electron chi connectivity index (χ2n) is 6.50. The molecular weight excluding hydrogens is 437 g/mol. The van der Waals surface area contributed by atoms with E-state index in [1.165, 1.54) is 13.2 Å². The molecular formula is C24H21Cl2NO4. The second kappa shape index (κ2) is 10.8. The largest absolute Gasteiger partial charge is 0.495 e. The zero-order valence-corrected chi connectivity index (χ0v) is 18.5. The fourth-order valence-electron chi connectivity index (χ4n) is 2.75. The van der Waals surface area contributed by atoms with Gasteiger partial charge in [0, 0.05) is 16.8 Å². The Labute approximate surface area is 191 Å². The van der Waals surface area contributed by atoms with Gasteiger partial charge in [0.2, 0.25) is 5.91 Å². The third kappa shape index (κ3) is 6.41. The molecule has 0 unspecified atom stereocenters. The van der Waals surface area contributed by atoms with Gasteiger partial charge >= 0.3 is 0 Å². The summed E-state index contributed by atoms with van der Waals surface area (Å²) in [6.07, 6.45) is 3.12. The van der Waals surface area contributed by atoms with Crippen LogP contribution >= 0.6 is 23.2 Å². The van der Waals surface area contributed by atoms with Crippen LogP contribution in [0.1, 0.15) is 11.1 Å². The molecule has 3 rings (SSSR count). The van der Waals surface area contributed by atoms with E-state index in [2.05, 4.69) is 5.32 Å². The van der Waals surface area contributed by atoms with Crippen molar-refractivity contribution in [1.82, 2.24) is 0 Å². The lowest BCUT2D eigenvalue weighted by atomic mass is 10.2. The molecule has 0 heterocycles. The topological polar surface area (TPSA) is 56.8 Å². The number of halogens is 2. The van der Waals surface area contributed by atoms with Crippen molar-refractivity contribution < 1.29 is 19.0 Å². The van der Waals surface area contributed by atoms with E-state index < -0.39 is 0 Å². The third-order valence-electron chi connectivity index (χ3n) is 4.34. The number of anilines is 1. The van der Waals surface area contributed by atoms with Crippen molar-refractivity contribution in [1.29, 1.82) is 0 Å². The summed E-state index contributed by atoms with van der Waals surface area (Å²) in [5.41, 5.74) is 2.35. The number of carbonyl (C=O) groups excluding carboxylic acids is 1. The molecule has 0 atom stereocenters. The maximum atomic E-state index is 12.2. The first kappa shape index (κ1) is 22.5. The summed E-state index contributed by atoms with van der Waals surface area (Å²) >= 11 is 12.0. The molecule has 1 N–H and O–H groups in total. The van der Waals surface area contributed by atoms with Crippen molar-refractivity contribution in [2.45, 2.75) is 6.61 Å². The van der Waals surface area contributed by atoms with Crippen molar-refractivity contribution in [3.05, 3.63) is 87.9 Å². The highest BCUT2D eigenvalue weighted by Crippen LogP contribution is 2.30. The Morgan fingerprint density at radius 2 is 1.61 bits per heavy atom. The molecule has 160 valence electrons. The Kier molecular flexibility index (Phi) is 7.82. The molecule has 0 saturated carbocycles. The average Bonchev–Trinajstić information content (AvgIpc) is 2.77. The Morgan fingerprint density at radius 3 is 2.29 bits per heavy atom. The summed E-state index contributed by atoms with van der Waals surface area (Å²) in [4.78, 5) is 12.2. The molecule has 0 saturated heterocycles. The van der Waals surface area contributed by atoms with Crippen LogP contribution in [0.15, 0.2) is 66.7 Å². The van der Waals surface area contributed by atoms with E-state index in [1.807, 2.05) is 30.3 Å². The molecule has 0 aromatic heterocycles. The minimum atomic E-state index is -0.289. The maximum absolute atomic E-state index is 12.2. The van der Waals surface area contributed by atoms with Crippen LogP contribution in [-0.4, -0.2) is 20.1 Å². The maximum Gasteiger partial charge on any atom is 0.248 e. The van der Waals surface area contributed by atoms with Gasteiger partial charge < -0.3 is 19.5 Å². The van der Waals surface area contributed by atoms with Crippen molar-refractivity contribution in [2.24, 2.45) is 0 Å². The molecule has 0 aliphatic heterocycles. The highest BCUT2D eigenvalue weighted by molar-refractivity contribution is 6.32. The van der Waals surface area contributed by atoms with Gasteiger partial charge in [0.1, 0.15) is 12.4 Å². The molecule has 0 aliphatic carbocycles. The fourth-order valence-corrected chi connectivity index (χ4v) is 3.13. The predicted octanol–water partition coefficient (Wildman–Crippen LogP) is 6.24. The van der Waals surface area contributed by atoms with Crippen molar-refractivity contribution in [3.63, 3.8) is 0 Å². The van der Waals surface area contributed by atoms with Crippen LogP contribution in [0.5, 0.6) is 17.2 Å². The van der Waals surface area contributed by atoms with Gasteiger partial charge in [-0.05, 0) is 59.7 Å². The van der Waals surface area contributed by atoms with Gasteiger partial charge in [-0.15, -0.1) is 0 Å². The summed E-state index contributed by atoms with van der Waals surface area (Å²) in [7, 11) is 3.10. The van der Waals surface area contributed by atoms with Gasteiger partial charge in [-0.3, -0.25) is 4.79 Å². The molecule has 0 aliphatic rings. The number of hydrogen-bond acceptors (Lipinski definition) is 4. The summed E-state index contributed by atoms with van der Waals surface area (Å²) in [5, 5.41) is 3.85. The molecule has 0 radical (unpaired) electrons. The van der Waals surface area contributed by atoms with Crippen LogP contribution < -0.4 is 19.5 Å². The molecule has 0 spiro atoms. The van der Waals surface area contributed by atoms with Crippen LogP contribution in [-0.2, 0) is 11.4 Å². The summed E-state index contributed by atoms with van der Waals surface area (Å²) in [6.45, 7) is 0.384. The van der Waals surface area contributed by atoms with Crippen LogP contribution in [0.25, 0.3) is 6.08 Å². The Bertz CT molecular complexity index is 1080. The molecule has 31 heavy (non-hydrogen) atoms. The van der Waals surface area contributed by atoms with E-state index in [9.17, 15) is 4.79 Å². The normalized spacial score (nSPS) is 10.7. The molecule has 7 heteroatoms. The number of amides is 1. The SMILES string of the molecule is COc1ccc(NC(=O)/C=C/c2ccc(OCc3ccc(Cl)cc3)c(OC)c2)cc1Cl. The standard InChI is InChI=1S/C24H21Cl2NO4/c1-29-21-11-9-19(14-20(21)26)27-24(28)12-6-16-5-10-22(23(13-16)30-2)31-15-17-3-7-18(25)8-4-17/h3-14H,15H2,1-2H3,(H,27,28)/b12-6+. The number of hydrogen-bond donors (Lipinski definition) is 1. The highest BCUT2D eigenvalue weighted by Gasteiger charge is 2.07. The van der Waals surface area contributed by atoms with Gasteiger partial charge in [0.15, 0.2) is 11.5 Å². The smallest absolute Gasteiger partial charge is 0.248 e. The van der Waals surface area contributed by atoms with Crippen molar-refractivity contribution >= 4 is 40.9 Å². The van der Waals surface area contributed by atoms with Gasteiger partial charge in [-0.25, -0.2) is 0 Å². The zero-order chi connectivity index (χ0) is 22.2. The van der Waals surface area contributed by atoms with Gasteiger partial charge in [0.25, 0.3) is 0 Å². The minimum Gasteiger partial charge on any atom is -0.495 e. The molecule has 0 bridgehead atoms. The summed E-state index contributed by atoms with van der Waals surface area (Å²) in [6, 6.07) is 17.9. The molecule has 1 amide bonds. The number of carbonyl (C=O) groups is 1. The Hall–Kier alpha value is -3.15. The molecule has 0 fully saturated rings. The Balaban J connectivity index is 1.63. The second-order valence-corrected chi connectivity index (χ2v) is 7.34. The molecule has 3 aromatic rings. The average molecular weight is 458 g/mol. The number of rotatable bonds is 8. The quantitative estimate of drug-likeness (QED) is 0.406. The third-order valence-corrected chi connectivity index (χ3v) is 4.89. The first-order chi connectivity index (χ1) is 15.0. The first-order valence-corrected chi connectivity index (χ1v) is 10.1. The number of ether oxygens (including phenoxy) is 3. The van der Waals surface area contributed by atoms with Crippen LogP contribution in [0.4, 0.5) is 5.69 Å². The van der Waals surface area contributed by atoms with E-state index in [-0.39, 0.29) is 5.91 Å². The fraction of sp³-hybridized carbons (Fsp3) is 0.125. The van der Waals surface area contributed by atoms with Crippen LogP contribution in [0.2, 0.25) is 10.0 Å². The van der Waals surface area contributed by atoms with Gasteiger partial charge in [-0.2, -0.15) is 0 Å². The summed E-state index contributed by atoms with van der Waals surface area (Å²) < 4.78 is 16.4. The van der Waals surface area contributed by atoms with Crippen molar-refractivity contribution in [2.75, 3.05) is 19.5 Å². The first-order valence-electron chi connectivity index (χ1n) is 9.36. The van der Waals surface area contributed by atoms with Crippen LogP contribution in [0, 0.1) is 0 Å². The summed E-state index contributed by atoms with van der Waals surface area (Å²) in [5.74, 6) is 1.43. The van der Waals surface area contributed by atoms with E-state index in [4.69, 9.17) is 37.4 Å². The lowest BCUT2D eigenvalue weighted by molar-refractivity contribution is -0.111. The highest BCUT2D eigenvalue weighted by atomic mass is 35.5. The zero-order valence-electron chi connectivity index (χ0n) is 17.0. The van der Waals surface area contributed by atoms with E-state index in [0.717, 1.165) is 11.1 Å². The lowest BCUT2D eigenvalue weighted by Gasteiger charge is -2.11. The van der Waals surface area contributed by atoms with E-state index in [0.29, 0.717) is 39.6 Å². The van der Waals surface area contributed by atoms with Crippen molar-refractivity contribution in [3.8, 4) is 17.2 Å².